The van der Waals surface area contributed by atoms with Gasteiger partial charge in [-0.2, -0.15) is 4.57 Å². The average Bonchev–Trinajstić information content (AvgIpc) is 3.32. The van der Waals surface area contributed by atoms with E-state index >= 15 is 35.1 Å². The van der Waals surface area contributed by atoms with Crippen LogP contribution >= 0.6 is 0 Å². The molecule has 0 aliphatic heterocycles. The lowest BCUT2D eigenvalue weighted by Crippen LogP contribution is -2.81. The van der Waals surface area contributed by atoms with E-state index in [4.69, 9.17) is 4.74 Å². The summed E-state index contributed by atoms with van der Waals surface area (Å²) < 4.78 is 301. The minimum Gasteiger partial charge on any atom is -0.434 e. The van der Waals surface area contributed by atoms with Gasteiger partial charge in [-0.15, -0.1) is 21.9 Å². The first-order valence-electron chi connectivity index (χ1n) is 18.3. The van der Waals surface area contributed by atoms with Gasteiger partial charge in [0.1, 0.15) is 58.4 Å². The maximum absolute atomic E-state index is 15.4. The molecular formula is C43H17BF20N2O2. The Morgan fingerprint density at radius 1 is 0.471 bits per heavy atom. The molecule has 7 aromatic rings. The Bertz CT molecular complexity index is 2790. The zero-order valence-corrected chi connectivity index (χ0v) is 33.0. The van der Waals surface area contributed by atoms with Crippen molar-refractivity contribution in [2.45, 2.75) is 13.5 Å². The fourth-order valence-corrected chi connectivity index (χ4v) is 7.12. The first-order chi connectivity index (χ1) is 31.9. The van der Waals surface area contributed by atoms with Crippen LogP contribution in [0.3, 0.4) is 0 Å². The third-order valence-electron chi connectivity index (χ3n) is 10.1. The highest BCUT2D eigenvalue weighted by molar-refractivity contribution is 7.20. The zero-order chi connectivity index (χ0) is 50.4. The Morgan fingerprint density at radius 2 is 0.809 bits per heavy atom. The van der Waals surface area contributed by atoms with E-state index in [0.717, 1.165) is 11.3 Å². The monoisotopic (exact) mass is 984 g/mol. The van der Waals surface area contributed by atoms with Crippen LogP contribution in [0.25, 0.3) is 0 Å². The molecule has 354 valence electrons. The van der Waals surface area contributed by atoms with Crippen LogP contribution in [0.4, 0.5) is 87.8 Å². The standard InChI is InChI=1S/C24BF20.C19H17N2O2/c26-5-1(6(27)14(35)21(42)13(5)34)25(2-7(28)15(36)22(43)16(37)8(2)29,3-9(30)17(38)23(44)18(39)10(3)31)4-11(32)19(40)24(45)20(41)12(4)33;1-15-6-5-9-17(12-15)23-19-14-21(11-10-20-19)13-18(22)16-7-3-2-4-8-16/h;2-12,14H,13H2,1H3/q-1;+1. The van der Waals surface area contributed by atoms with Gasteiger partial charge in [0.25, 0.3) is 5.88 Å². The summed E-state index contributed by atoms with van der Waals surface area (Å²) in [5.74, 6) is -70.2. The summed E-state index contributed by atoms with van der Waals surface area (Å²) in [6.45, 7) is 2.25. The summed E-state index contributed by atoms with van der Waals surface area (Å²) >= 11 is 0. The number of halogens is 20. The van der Waals surface area contributed by atoms with Gasteiger partial charge in [0.15, 0.2) is 76.0 Å². The Morgan fingerprint density at radius 3 is 1.15 bits per heavy atom. The molecule has 0 atom stereocenters. The molecule has 0 aliphatic rings. The summed E-state index contributed by atoms with van der Waals surface area (Å²) in [7, 11) is 0. The van der Waals surface area contributed by atoms with E-state index in [1.54, 1.807) is 23.2 Å². The normalized spacial score (nSPS) is 11.4. The largest absolute Gasteiger partial charge is 0.434 e. The Labute approximate surface area is 366 Å². The Kier molecular flexibility index (Phi) is 14.0. The van der Waals surface area contributed by atoms with Crippen molar-refractivity contribution in [3.05, 3.63) is 201 Å². The fourth-order valence-electron chi connectivity index (χ4n) is 7.12. The molecule has 0 unspecified atom stereocenters. The number of hydrogen-bond acceptors (Lipinski definition) is 3. The van der Waals surface area contributed by atoms with Gasteiger partial charge in [-0.3, -0.25) is 4.79 Å². The van der Waals surface area contributed by atoms with Gasteiger partial charge in [-0.25, -0.2) is 92.8 Å². The number of ether oxygens (including phenoxy) is 1. The van der Waals surface area contributed by atoms with E-state index in [-0.39, 0.29) is 12.3 Å². The molecule has 25 heteroatoms. The molecule has 6 aromatic carbocycles. The van der Waals surface area contributed by atoms with Crippen LogP contribution < -0.4 is 31.2 Å². The van der Waals surface area contributed by atoms with Crippen molar-refractivity contribution in [1.29, 1.82) is 0 Å². The summed E-state index contributed by atoms with van der Waals surface area (Å²) in [6, 6.07) is 17.0. The predicted molar refractivity (Wildman–Crippen MR) is 196 cm³/mol. The number of nitrogens with zero attached hydrogens (tertiary/aromatic N) is 2. The highest BCUT2D eigenvalue weighted by Gasteiger charge is 2.52. The number of aromatic nitrogens is 2. The predicted octanol–water partition coefficient (Wildman–Crippen LogP) is 9.20. The molecule has 1 heterocycles. The highest BCUT2D eigenvalue weighted by atomic mass is 19.2. The van der Waals surface area contributed by atoms with Crippen LogP contribution in [-0.4, -0.2) is 16.9 Å². The topological polar surface area (TPSA) is 43.1 Å². The van der Waals surface area contributed by atoms with Crippen LogP contribution in [0.2, 0.25) is 0 Å². The molecule has 7 rings (SSSR count). The van der Waals surface area contributed by atoms with Crippen molar-refractivity contribution in [3.8, 4) is 11.6 Å². The number of carbonyl (C=O) groups is 1. The highest BCUT2D eigenvalue weighted by Crippen LogP contribution is 2.31. The second kappa shape index (κ2) is 19.0. The van der Waals surface area contributed by atoms with Crippen LogP contribution in [0.1, 0.15) is 15.9 Å². The molecule has 0 amide bonds. The lowest BCUT2D eigenvalue weighted by Gasteiger charge is -2.44. The molecule has 0 spiro atoms. The molecule has 1 aromatic heterocycles. The molecule has 0 saturated carbocycles. The van der Waals surface area contributed by atoms with Crippen molar-refractivity contribution < 1.29 is 102 Å². The van der Waals surface area contributed by atoms with E-state index < -0.39 is 144 Å². The van der Waals surface area contributed by atoms with Crippen LogP contribution in [0.15, 0.2) is 73.2 Å². The molecule has 0 bridgehead atoms. The van der Waals surface area contributed by atoms with E-state index in [0.29, 0.717) is 11.4 Å². The van der Waals surface area contributed by atoms with Crippen molar-refractivity contribution >= 4 is 33.8 Å². The molecule has 0 radical (unpaired) electrons. The molecule has 0 aliphatic carbocycles. The molecule has 4 nitrogen and oxygen atoms in total. The van der Waals surface area contributed by atoms with Gasteiger partial charge in [0.2, 0.25) is 18.5 Å². The Hall–Kier alpha value is -7.47. The SMILES string of the molecule is Cc1cccc(Oc2c[n+](CC(=O)c3ccccc3)ccn2)c1.Fc1c(F)c(F)c([B-](c2c(F)c(F)c(F)c(F)c2F)(c2c(F)c(F)c(F)c(F)c2F)c2c(F)c(F)c(F)c(F)c2F)c(F)c1F. The summed E-state index contributed by atoms with van der Waals surface area (Å²) in [5, 5.41) is 0. The van der Waals surface area contributed by atoms with Gasteiger partial charge in [-0.1, -0.05) is 42.5 Å². The lowest BCUT2D eigenvalue weighted by molar-refractivity contribution is -0.683. The quantitative estimate of drug-likeness (QED) is 0.0362. The summed E-state index contributed by atoms with van der Waals surface area (Å²) in [5.41, 5.74) is -12.5. The van der Waals surface area contributed by atoms with E-state index in [9.17, 15) is 57.5 Å². The van der Waals surface area contributed by atoms with Gasteiger partial charge < -0.3 is 4.74 Å². The average molecular weight is 984 g/mol. The van der Waals surface area contributed by atoms with Crippen LogP contribution in [0.5, 0.6) is 11.6 Å². The maximum Gasteiger partial charge on any atom is 0.285 e. The minimum atomic E-state index is -7.22. The van der Waals surface area contributed by atoms with Crippen LogP contribution in [-0.2, 0) is 6.54 Å². The Balaban J connectivity index is 0.000000276. The summed E-state index contributed by atoms with van der Waals surface area (Å²) in [4.78, 5) is 16.4. The molecule has 68 heavy (non-hydrogen) atoms. The molecular weight excluding hydrogens is 967 g/mol. The van der Waals surface area contributed by atoms with E-state index in [1.807, 2.05) is 61.5 Å². The number of Topliss-reactive ketones (excluding diaryl/α,β-unsaturated/α-hetero) is 1. The first-order valence-corrected chi connectivity index (χ1v) is 18.3. The number of aryl methyl sites for hydroxylation is 1. The van der Waals surface area contributed by atoms with Gasteiger partial charge in [0, 0.05) is 5.56 Å². The fraction of sp³-hybridized carbons (Fsp3) is 0.0465. The van der Waals surface area contributed by atoms with Gasteiger partial charge in [-0.05, 0) is 24.6 Å². The lowest BCUT2D eigenvalue weighted by atomic mass is 9.12. The summed E-state index contributed by atoms with van der Waals surface area (Å²) in [6.07, 6.45) is -2.11. The van der Waals surface area contributed by atoms with Crippen molar-refractivity contribution in [3.63, 3.8) is 0 Å². The first kappa shape index (κ1) is 50.0. The second-order valence-corrected chi connectivity index (χ2v) is 14.1. The smallest absolute Gasteiger partial charge is 0.285 e. The molecule has 0 fully saturated rings. The molecule has 0 N–H and O–H groups in total. The third-order valence-corrected chi connectivity index (χ3v) is 10.1. The van der Waals surface area contributed by atoms with Crippen molar-refractivity contribution in [2.75, 3.05) is 0 Å². The van der Waals surface area contributed by atoms with Crippen LogP contribution in [0, 0.1) is 123 Å². The number of carbonyl (C=O) groups excluding carboxylic acids is 1. The number of rotatable bonds is 9. The maximum atomic E-state index is 15.4. The molecule has 0 saturated heterocycles. The van der Waals surface area contributed by atoms with E-state index in [2.05, 4.69) is 4.98 Å². The third kappa shape index (κ3) is 8.33. The van der Waals surface area contributed by atoms with E-state index in [1.165, 1.54) is 0 Å². The number of hydrogen-bond donors (Lipinski definition) is 0. The van der Waals surface area contributed by atoms with Crippen molar-refractivity contribution in [2.24, 2.45) is 0 Å². The second-order valence-electron chi connectivity index (χ2n) is 14.1. The number of benzene rings is 6. The van der Waals surface area contributed by atoms with Gasteiger partial charge in [0.05, 0.1) is 6.20 Å². The van der Waals surface area contributed by atoms with Gasteiger partial charge >= 0.3 is 0 Å². The zero-order valence-electron chi connectivity index (χ0n) is 33.0. The van der Waals surface area contributed by atoms with Crippen molar-refractivity contribution in [1.82, 2.24) is 4.98 Å². The number of ketones is 1. The minimum absolute atomic E-state index is 0.0447.